The molecule has 1 aliphatic carbocycles. The van der Waals surface area contributed by atoms with Crippen LogP contribution in [0.1, 0.15) is 35.5 Å². The molecule has 0 aliphatic heterocycles. The minimum absolute atomic E-state index is 0.00526. The molecule has 0 unspecified atom stereocenters. The highest BCUT2D eigenvalue weighted by Crippen LogP contribution is 2.33. The number of fused-ring (bicyclic) bond motifs is 3. The number of amides is 1. The van der Waals surface area contributed by atoms with Crippen LogP contribution in [0.4, 0.5) is 0 Å². The molecule has 154 valence electrons. The van der Waals surface area contributed by atoms with Gasteiger partial charge in [0.05, 0.1) is 31.0 Å². The summed E-state index contributed by atoms with van der Waals surface area (Å²) in [6.45, 7) is 2.08. The Kier molecular flexibility index (Phi) is 8.32. The molecule has 1 amide bonds. The molecule has 0 saturated heterocycles. The summed E-state index contributed by atoms with van der Waals surface area (Å²) in [4.78, 5) is 34.1. The van der Waals surface area contributed by atoms with Crippen molar-refractivity contribution in [2.45, 2.75) is 37.9 Å². The molecular weight excluding hydrogens is 398 g/mol. The van der Waals surface area contributed by atoms with Gasteiger partial charge in [0.2, 0.25) is 5.91 Å². The zero-order valence-corrected chi connectivity index (χ0v) is 17.8. The third-order valence-corrected chi connectivity index (χ3v) is 6.74. The van der Waals surface area contributed by atoms with E-state index in [9.17, 15) is 9.59 Å². The molecule has 0 fully saturated rings. The lowest BCUT2D eigenvalue weighted by molar-refractivity contribution is -0.120. The first-order chi connectivity index (χ1) is 13.7. The van der Waals surface area contributed by atoms with E-state index in [2.05, 4.69) is 15.3 Å². The average molecular weight is 426 g/mol. The van der Waals surface area contributed by atoms with Gasteiger partial charge in [-0.2, -0.15) is 11.8 Å². The van der Waals surface area contributed by atoms with E-state index in [-0.39, 0.29) is 11.5 Å². The van der Waals surface area contributed by atoms with Crippen LogP contribution in [0.3, 0.4) is 0 Å². The number of nitrogens with one attached hydrogen (secondary N) is 2. The standard InChI is InChI=1S/C19H27N3O4S2/c1-25-9-10-26-8-7-20-16(23)6-11-27-12-15-21-18(24)17-13-4-2-3-5-14(13)28-19(17)22-15/h2-12H2,1H3,(H,20,23)(H,21,22,24). The number of thioether (sulfide) groups is 1. The number of aromatic amines is 1. The second-order valence-electron chi connectivity index (χ2n) is 6.66. The number of rotatable bonds is 11. The summed E-state index contributed by atoms with van der Waals surface area (Å²) in [5.41, 5.74) is 1.19. The fourth-order valence-electron chi connectivity index (χ4n) is 3.21. The predicted molar refractivity (Wildman–Crippen MR) is 113 cm³/mol. The van der Waals surface area contributed by atoms with Gasteiger partial charge in [-0.05, 0) is 31.2 Å². The first-order valence-corrected chi connectivity index (χ1v) is 11.6. The molecule has 1 aliphatic rings. The molecule has 0 bridgehead atoms. The van der Waals surface area contributed by atoms with Crippen molar-refractivity contribution in [1.29, 1.82) is 0 Å². The number of nitrogens with zero attached hydrogens (tertiary/aromatic N) is 1. The average Bonchev–Trinajstić information content (AvgIpc) is 3.07. The number of H-pyrrole nitrogens is 1. The van der Waals surface area contributed by atoms with Crippen molar-refractivity contribution < 1.29 is 14.3 Å². The summed E-state index contributed by atoms with van der Waals surface area (Å²) in [7, 11) is 1.62. The lowest BCUT2D eigenvalue weighted by atomic mass is 9.97. The number of carbonyl (C=O) groups is 1. The van der Waals surface area contributed by atoms with Gasteiger partial charge in [-0.25, -0.2) is 4.98 Å². The van der Waals surface area contributed by atoms with E-state index in [0.717, 1.165) is 29.5 Å². The van der Waals surface area contributed by atoms with Gasteiger partial charge in [0, 0.05) is 30.7 Å². The van der Waals surface area contributed by atoms with Crippen molar-refractivity contribution in [1.82, 2.24) is 15.3 Å². The number of carbonyl (C=O) groups excluding carboxylic acids is 1. The Morgan fingerprint density at radius 3 is 3.00 bits per heavy atom. The van der Waals surface area contributed by atoms with Crippen LogP contribution in [0.15, 0.2) is 4.79 Å². The van der Waals surface area contributed by atoms with Crippen molar-refractivity contribution in [3.05, 3.63) is 26.6 Å². The van der Waals surface area contributed by atoms with Gasteiger partial charge >= 0.3 is 0 Å². The fourth-order valence-corrected chi connectivity index (χ4v) is 5.29. The number of aromatic nitrogens is 2. The monoisotopic (exact) mass is 425 g/mol. The molecule has 9 heteroatoms. The maximum Gasteiger partial charge on any atom is 0.259 e. The number of hydrogen-bond donors (Lipinski definition) is 2. The largest absolute Gasteiger partial charge is 0.382 e. The molecule has 0 spiro atoms. The number of aryl methyl sites for hydroxylation is 2. The van der Waals surface area contributed by atoms with E-state index in [1.165, 1.54) is 16.9 Å². The van der Waals surface area contributed by atoms with Gasteiger partial charge in [-0.1, -0.05) is 0 Å². The molecule has 3 rings (SSSR count). The highest BCUT2D eigenvalue weighted by atomic mass is 32.2. The zero-order chi connectivity index (χ0) is 19.8. The van der Waals surface area contributed by atoms with Crippen LogP contribution in [0, 0.1) is 0 Å². The van der Waals surface area contributed by atoms with E-state index >= 15 is 0 Å². The number of hydrogen-bond acceptors (Lipinski definition) is 7. The summed E-state index contributed by atoms with van der Waals surface area (Å²) in [6.07, 6.45) is 4.83. The van der Waals surface area contributed by atoms with Crippen molar-refractivity contribution in [2.75, 3.05) is 39.2 Å². The molecule has 7 nitrogen and oxygen atoms in total. The van der Waals surface area contributed by atoms with Crippen LogP contribution in [0.5, 0.6) is 0 Å². The summed E-state index contributed by atoms with van der Waals surface area (Å²) < 4.78 is 10.2. The zero-order valence-electron chi connectivity index (χ0n) is 16.2. The third-order valence-electron chi connectivity index (χ3n) is 4.59. The first-order valence-electron chi connectivity index (χ1n) is 9.63. The van der Waals surface area contributed by atoms with E-state index in [1.54, 1.807) is 30.2 Å². The van der Waals surface area contributed by atoms with Crippen LogP contribution < -0.4 is 10.9 Å². The molecule has 2 N–H and O–H groups in total. The van der Waals surface area contributed by atoms with Gasteiger partial charge in [-0.15, -0.1) is 11.3 Å². The number of ether oxygens (including phenoxy) is 2. The second kappa shape index (κ2) is 10.9. The highest BCUT2D eigenvalue weighted by molar-refractivity contribution is 7.98. The fraction of sp³-hybridized carbons (Fsp3) is 0.632. The summed E-state index contributed by atoms with van der Waals surface area (Å²) in [5.74, 6) is 1.97. The van der Waals surface area contributed by atoms with Crippen molar-refractivity contribution >= 4 is 39.2 Å². The number of thiophene rings is 1. The van der Waals surface area contributed by atoms with Gasteiger partial charge in [-0.3, -0.25) is 9.59 Å². The van der Waals surface area contributed by atoms with E-state index in [4.69, 9.17) is 9.47 Å². The maximum atomic E-state index is 12.5. The topological polar surface area (TPSA) is 93.3 Å². The highest BCUT2D eigenvalue weighted by Gasteiger charge is 2.19. The lowest BCUT2D eigenvalue weighted by Crippen LogP contribution is -2.27. The molecule has 0 saturated carbocycles. The normalized spacial score (nSPS) is 13.6. The van der Waals surface area contributed by atoms with Crippen LogP contribution in [-0.4, -0.2) is 55.1 Å². The third kappa shape index (κ3) is 5.79. The summed E-state index contributed by atoms with van der Waals surface area (Å²) in [6, 6.07) is 0. The van der Waals surface area contributed by atoms with Crippen molar-refractivity contribution in [3.8, 4) is 0 Å². The maximum absolute atomic E-state index is 12.5. The molecule has 28 heavy (non-hydrogen) atoms. The smallest absolute Gasteiger partial charge is 0.259 e. The van der Waals surface area contributed by atoms with Crippen molar-refractivity contribution in [2.24, 2.45) is 0 Å². The Bertz CT molecular complexity index is 850. The van der Waals surface area contributed by atoms with Crippen LogP contribution >= 0.6 is 23.1 Å². The van der Waals surface area contributed by atoms with E-state index < -0.39 is 0 Å². The Morgan fingerprint density at radius 1 is 1.29 bits per heavy atom. The van der Waals surface area contributed by atoms with E-state index in [1.807, 2.05) is 0 Å². The summed E-state index contributed by atoms with van der Waals surface area (Å²) >= 11 is 3.26. The Hall–Kier alpha value is -1.42. The summed E-state index contributed by atoms with van der Waals surface area (Å²) in [5, 5.41) is 3.62. The Labute approximate surface area is 172 Å². The Morgan fingerprint density at radius 2 is 2.14 bits per heavy atom. The molecular formula is C19H27N3O4S2. The minimum atomic E-state index is -0.0220. The van der Waals surface area contributed by atoms with Gasteiger partial charge in [0.15, 0.2) is 0 Å². The molecule has 2 aromatic rings. The Balaban J connectivity index is 1.41. The molecule has 0 radical (unpaired) electrons. The molecule has 0 atom stereocenters. The quantitative estimate of drug-likeness (QED) is 0.537. The van der Waals surface area contributed by atoms with Crippen LogP contribution in [0.25, 0.3) is 10.2 Å². The van der Waals surface area contributed by atoms with Gasteiger partial charge in [0.25, 0.3) is 5.56 Å². The molecule has 2 heterocycles. The van der Waals surface area contributed by atoms with Crippen LogP contribution in [0.2, 0.25) is 0 Å². The van der Waals surface area contributed by atoms with Crippen molar-refractivity contribution in [3.63, 3.8) is 0 Å². The van der Waals surface area contributed by atoms with Gasteiger partial charge in [0.1, 0.15) is 10.7 Å². The minimum Gasteiger partial charge on any atom is -0.382 e. The number of methoxy groups -OCH3 is 1. The second-order valence-corrected chi connectivity index (χ2v) is 8.85. The lowest BCUT2D eigenvalue weighted by Gasteiger charge is -2.09. The van der Waals surface area contributed by atoms with E-state index in [0.29, 0.717) is 50.1 Å². The SMILES string of the molecule is COCCOCCNC(=O)CCSCc1nc2sc3c(c2c(=O)[nH]1)CCCC3. The first kappa shape index (κ1) is 21.3. The predicted octanol–water partition coefficient (Wildman–Crippen LogP) is 2.27. The molecule has 2 aromatic heterocycles. The van der Waals surface area contributed by atoms with Crippen LogP contribution in [-0.2, 0) is 32.9 Å². The van der Waals surface area contributed by atoms with Gasteiger partial charge < -0.3 is 19.8 Å². The molecule has 0 aromatic carbocycles.